The van der Waals surface area contributed by atoms with Gasteiger partial charge in [0.1, 0.15) is 12.7 Å². The van der Waals surface area contributed by atoms with Gasteiger partial charge in [0.05, 0.1) is 19.8 Å². The van der Waals surface area contributed by atoms with Crippen molar-refractivity contribution in [1.29, 1.82) is 0 Å². The van der Waals surface area contributed by atoms with Crippen LogP contribution in [-0.4, -0.2) is 65.7 Å². The molecule has 0 spiro atoms. The van der Waals surface area contributed by atoms with E-state index in [9.17, 15) is 24.2 Å². The Morgan fingerprint density at radius 3 is 1.66 bits per heavy atom. The molecule has 3 N–H and O–H groups in total. The lowest BCUT2D eigenvalue weighted by Crippen LogP contribution is -2.29. The molecule has 3 atom stereocenters. The van der Waals surface area contributed by atoms with Gasteiger partial charge in [0, 0.05) is 12.8 Å². The van der Waals surface area contributed by atoms with Gasteiger partial charge in [-0.15, -0.1) is 0 Å². The Bertz CT molecular complexity index is 761. The molecule has 44 heavy (non-hydrogen) atoms. The van der Waals surface area contributed by atoms with Crippen LogP contribution in [0.5, 0.6) is 0 Å². The molecule has 0 saturated carbocycles. The molecule has 0 bridgehead atoms. The Kier molecular flexibility index (Phi) is 29.5. The van der Waals surface area contributed by atoms with Crippen LogP contribution >= 0.6 is 7.82 Å². The fourth-order valence-corrected chi connectivity index (χ4v) is 5.25. The third-order valence-electron chi connectivity index (χ3n) is 7.17. The van der Waals surface area contributed by atoms with Gasteiger partial charge >= 0.3 is 19.8 Å². The van der Waals surface area contributed by atoms with E-state index >= 15 is 0 Å². The van der Waals surface area contributed by atoms with Crippen molar-refractivity contribution in [2.24, 2.45) is 0 Å². The summed E-state index contributed by atoms with van der Waals surface area (Å²) in [6, 6.07) is 0. The highest BCUT2D eigenvalue weighted by Gasteiger charge is 2.27. The Morgan fingerprint density at radius 2 is 1.11 bits per heavy atom. The number of hydrogen-bond donors (Lipinski definition) is 3. The summed E-state index contributed by atoms with van der Waals surface area (Å²) in [4.78, 5) is 34.3. The molecule has 0 aliphatic heterocycles. The van der Waals surface area contributed by atoms with Gasteiger partial charge in [-0.2, -0.15) is 0 Å². The lowest BCUT2D eigenvalue weighted by Gasteiger charge is -2.20. The number of phosphoric ester groups is 1. The second kappa shape index (κ2) is 30.4. The van der Waals surface area contributed by atoms with E-state index in [1.165, 1.54) is 64.2 Å². The second-order valence-electron chi connectivity index (χ2n) is 11.5. The zero-order valence-electron chi connectivity index (χ0n) is 27.6. The first-order valence-electron chi connectivity index (χ1n) is 17.1. The number of allylic oxidation sites excluding steroid dienone is 2. The van der Waals surface area contributed by atoms with Gasteiger partial charge in [0.25, 0.3) is 0 Å². The van der Waals surface area contributed by atoms with E-state index < -0.39 is 51.8 Å². The fraction of sp³-hybridized carbons (Fsp3) is 0.879. The molecule has 11 heteroatoms. The summed E-state index contributed by atoms with van der Waals surface area (Å²) in [5.74, 6) is -0.949. The van der Waals surface area contributed by atoms with Crippen molar-refractivity contribution < 1.29 is 47.8 Å². The van der Waals surface area contributed by atoms with Crippen molar-refractivity contribution in [2.75, 3.05) is 26.4 Å². The maximum atomic E-state index is 12.4. The quantitative estimate of drug-likeness (QED) is 0.0286. The van der Waals surface area contributed by atoms with Crippen molar-refractivity contribution in [3.63, 3.8) is 0 Å². The first-order valence-corrected chi connectivity index (χ1v) is 18.6. The fourth-order valence-electron chi connectivity index (χ4n) is 4.46. The smallest absolute Gasteiger partial charge is 0.462 e. The molecule has 0 radical (unpaired) electrons. The number of hydrogen-bond acceptors (Lipinski definition) is 9. The van der Waals surface area contributed by atoms with Crippen LogP contribution in [0.4, 0.5) is 0 Å². The number of aliphatic hydroxyl groups is 2. The molecule has 260 valence electrons. The topological polar surface area (TPSA) is 149 Å². The molecular weight excluding hydrogens is 587 g/mol. The monoisotopic (exact) mass is 650 g/mol. The van der Waals surface area contributed by atoms with Gasteiger partial charge in [-0.05, 0) is 38.5 Å². The third kappa shape index (κ3) is 29.4. The highest BCUT2D eigenvalue weighted by Crippen LogP contribution is 2.43. The maximum Gasteiger partial charge on any atom is 0.472 e. The van der Waals surface area contributed by atoms with Crippen LogP contribution in [0.15, 0.2) is 12.2 Å². The standard InChI is InChI=1S/C33H63O10P/c1-3-5-7-9-10-11-12-13-14-15-16-17-18-19-20-21-23-25-33(37)43-31(28-40-32(36)24-22-8-6-4-2)29-42-44(38,39)41-27-30(35)26-34/h13-14,30-31,34-35H,3-12,15-29H2,1-2H3,(H,38,39)/b14-13-. The van der Waals surface area contributed by atoms with Crippen molar-refractivity contribution in [3.05, 3.63) is 12.2 Å². The average Bonchev–Trinajstić information content (AvgIpc) is 3.01. The number of unbranched alkanes of at least 4 members (excludes halogenated alkanes) is 16. The Labute approximate surface area is 266 Å². The van der Waals surface area contributed by atoms with Gasteiger partial charge in [0.15, 0.2) is 6.10 Å². The first kappa shape index (κ1) is 42.7. The molecule has 0 aliphatic rings. The van der Waals surface area contributed by atoms with Crippen molar-refractivity contribution >= 4 is 19.8 Å². The van der Waals surface area contributed by atoms with E-state index in [1.807, 2.05) is 0 Å². The molecule has 0 aromatic rings. The number of aliphatic hydroxyl groups excluding tert-OH is 2. The van der Waals surface area contributed by atoms with Gasteiger partial charge in [-0.1, -0.05) is 109 Å². The summed E-state index contributed by atoms with van der Waals surface area (Å²) in [7, 11) is -4.59. The number of phosphoric acid groups is 1. The molecule has 0 aromatic heterocycles. The Hall–Kier alpha value is -1.29. The predicted molar refractivity (Wildman–Crippen MR) is 173 cm³/mol. The molecule has 0 heterocycles. The summed E-state index contributed by atoms with van der Waals surface area (Å²) in [6.07, 6.45) is 24.0. The molecular formula is C33H63O10P. The minimum Gasteiger partial charge on any atom is -0.462 e. The molecule has 0 rings (SSSR count). The normalized spacial score (nSPS) is 14.4. The van der Waals surface area contributed by atoms with E-state index in [4.69, 9.17) is 19.1 Å². The third-order valence-corrected chi connectivity index (χ3v) is 8.12. The van der Waals surface area contributed by atoms with Gasteiger partial charge < -0.3 is 24.6 Å². The summed E-state index contributed by atoms with van der Waals surface area (Å²) >= 11 is 0. The van der Waals surface area contributed by atoms with E-state index in [-0.39, 0.29) is 19.4 Å². The largest absolute Gasteiger partial charge is 0.472 e. The van der Waals surface area contributed by atoms with Crippen LogP contribution in [-0.2, 0) is 32.7 Å². The zero-order chi connectivity index (χ0) is 32.7. The summed E-state index contributed by atoms with van der Waals surface area (Å²) in [6.45, 7) is 2.21. The number of rotatable bonds is 32. The Balaban J connectivity index is 4.22. The van der Waals surface area contributed by atoms with Crippen LogP contribution in [0.2, 0.25) is 0 Å². The van der Waals surface area contributed by atoms with Gasteiger partial charge in [-0.25, -0.2) is 4.57 Å². The predicted octanol–water partition coefficient (Wildman–Crippen LogP) is 7.72. The van der Waals surface area contributed by atoms with Crippen molar-refractivity contribution in [1.82, 2.24) is 0 Å². The minimum atomic E-state index is -4.59. The summed E-state index contributed by atoms with van der Waals surface area (Å²) in [5.41, 5.74) is 0. The summed E-state index contributed by atoms with van der Waals surface area (Å²) < 4.78 is 32.2. The zero-order valence-corrected chi connectivity index (χ0v) is 28.5. The number of carbonyl (C=O) groups is 2. The lowest BCUT2D eigenvalue weighted by molar-refractivity contribution is -0.161. The van der Waals surface area contributed by atoms with E-state index in [2.05, 4.69) is 30.5 Å². The summed E-state index contributed by atoms with van der Waals surface area (Å²) in [5, 5.41) is 18.1. The van der Waals surface area contributed by atoms with E-state index in [0.29, 0.717) is 12.8 Å². The van der Waals surface area contributed by atoms with Crippen LogP contribution in [0.1, 0.15) is 149 Å². The van der Waals surface area contributed by atoms with Crippen LogP contribution in [0.25, 0.3) is 0 Å². The molecule has 10 nitrogen and oxygen atoms in total. The average molecular weight is 651 g/mol. The first-order chi connectivity index (χ1) is 21.2. The molecule has 0 amide bonds. The van der Waals surface area contributed by atoms with Gasteiger partial charge in [-0.3, -0.25) is 18.6 Å². The minimum absolute atomic E-state index is 0.181. The molecule has 0 aromatic carbocycles. The molecule has 0 fully saturated rings. The molecule has 0 aliphatic carbocycles. The number of esters is 2. The van der Waals surface area contributed by atoms with E-state index in [0.717, 1.165) is 44.9 Å². The number of ether oxygens (including phenoxy) is 2. The maximum absolute atomic E-state index is 12.4. The number of carbonyl (C=O) groups excluding carboxylic acids is 2. The highest BCUT2D eigenvalue weighted by atomic mass is 31.2. The van der Waals surface area contributed by atoms with Crippen LogP contribution in [0, 0.1) is 0 Å². The Morgan fingerprint density at radius 1 is 0.659 bits per heavy atom. The van der Waals surface area contributed by atoms with Crippen molar-refractivity contribution in [2.45, 2.75) is 161 Å². The van der Waals surface area contributed by atoms with Crippen molar-refractivity contribution in [3.8, 4) is 0 Å². The van der Waals surface area contributed by atoms with Gasteiger partial charge in [0.2, 0.25) is 0 Å². The van der Waals surface area contributed by atoms with Crippen LogP contribution in [0.3, 0.4) is 0 Å². The van der Waals surface area contributed by atoms with Crippen LogP contribution < -0.4 is 0 Å². The highest BCUT2D eigenvalue weighted by molar-refractivity contribution is 7.47. The van der Waals surface area contributed by atoms with E-state index in [1.54, 1.807) is 0 Å². The SMILES string of the molecule is CCCCCCCC/C=C\CCCCCCCCCC(=O)OC(COC(=O)CCCCCC)COP(=O)(O)OCC(O)CO. The second-order valence-corrected chi connectivity index (χ2v) is 13.0. The molecule has 3 unspecified atom stereocenters. The lowest BCUT2D eigenvalue weighted by atomic mass is 10.1. The molecule has 0 saturated heterocycles.